The molecule has 0 bridgehead atoms. The molecule has 0 saturated carbocycles. The number of carbonyl (C=O) groups excluding carboxylic acids is 1. The van der Waals surface area contributed by atoms with Crippen LogP contribution < -0.4 is 16.2 Å². The number of amides is 2. The van der Waals surface area contributed by atoms with E-state index in [1.54, 1.807) is 0 Å². The van der Waals surface area contributed by atoms with Crippen molar-refractivity contribution in [1.82, 2.24) is 15.5 Å². The van der Waals surface area contributed by atoms with Crippen molar-refractivity contribution in [2.24, 2.45) is 0 Å². The molecular formula is C12H20N4O3. The van der Waals surface area contributed by atoms with Gasteiger partial charge in [-0.1, -0.05) is 13.3 Å². The lowest BCUT2D eigenvalue weighted by molar-refractivity contribution is 0.129. The third-order valence-corrected chi connectivity index (χ3v) is 2.31. The van der Waals surface area contributed by atoms with Crippen LogP contribution in [0.1, 0.15) is 26.2 Å². The van der Waals surface area contributed by atoms with E-state index in [-0.39, 0.29) is 11.6 Å². The fourth-order valence-electron chi connectivity index (χ4n) is 1.30. The summed E-state index contributed by atoms with van der Waals surface area (Å²) in [5.41, 5.74) is -0.310. The maximum atomic E-state index is 11.4. The molecule has 7 nitrogen and oxygen atoms in total. The van der Waals surface area contributed by atoms with E-state index in [0.29, 0.717) is 19.0 Å². The molecule has 106 valence electrons. The van der Waals surface area contributed by atoms with Gasteiger partial charge in [0.05, 0.1) is 0 Å². The van der Waals surface area contributed by atoms with Gasteiger partial charge in [-0.05, 0) is 18.9 Å². The number of carbonyl (C=O) groups is 1. The molecule has 2 amide bonds. The Hall–Kier alpha value is -1.89. The molecule has 7 heteroatoms. The van der Waals surface area contributed by atoms with Crippen LogP contribution in [-0.4, -0.2) is 36.0 Å². The Morgan fingerprint density at radius 3 is 2.84 bits per heavy atom. The largest absolute Gasteiger partial charge is 0.381 e. The molecule has 0 saturated heterocycles. The molecule has 1 rings (SSSR count). The molecule has 0 aromatic carbocycles. The van der Waals surface area contributed by atoms with Gasteiger partial charge in [0.15, 0.2) is 5.82 Å². The van der Waals surface area contributed by atoms with Crippen LogP contribution in [0.3, 0.4) is 0 Å². The highest BCUT2D eigenvalue weighted by Gasteiger charge is 2.01. The van der Waals surface area contributed by atoms with E-state index in [9.17, 15) is 9.59 Å². The first kappa shape index (κ1) is 15.2. The zero-order chi connectivity index (χ0) is 13.9. The minimum atomic E-state index is -0.354. The number of H-pyrrole nitrogens is 1. The predicted octanol–water partition coefficient (Wildman–Crippen LogP) is 1.10. The number of unbranched alkanes of at least 4 members (excludes halogenated alkanes) is 1. The fraction of sp³-hybridized carbons (Fsp3) is 0.583. The molecule has 0 radical (unpaired) electrons. The van der Waals surface area contributed by atoms with E-state index in [2.05, 4.69) is 27.8 Å². The average Bonchev–Trinajstić information content (AvgIpc) is 2.40. The van der Waals surface area contributed by atoms with Gasteiger partial charge in [0.25, 0.3) is 5.56 Å². The number of rotatable bonds is 8. The molecule has 0 spiro atoms. The third-order valence-electron chi connectivity index (χ3n) is 2.31. The monoisotopic (exact) mass is 268 g/mol. The lowest BCUT2D eigenvalue weighted by Crippen LogP contribution is -2.30. The molecule has 3 N–H and O–H groups in total. The summed E-state index contributed by atoms with van der Waals surface area (Å²) in [5, 5.41) is 11.1. The van der Waals surface area contributed by atoms with Gasteiger partial charge < -0.3 is 10.1 Å². The number of aromatic amines is 1. The predicted molar refractivity (Wildman–Crippen MR) is 72.2 cm³/mol. The lowest BCUT2D eigenvalue weighted by atomic mass is 10.4. The van der Waals surface area contributed by atoms with E-state index < -0.39 is 0 Å². The quantitative estimate of drug-likeness (QED) is 0.615. The highest BCUT2D eigenvalue weighted by Crippen LogP contribution is 1.95. The number of hydrogen-bond donors (Lipinski definition) is 3. The summed E-state index contributed by atoms with van der Waals surface area (Å²) in [6.45, 7) is 4.04. The zero-order valence-electron chi connectivity index (χ0n) is 11.1. The van der Waals surface area contributed by atoms with Crippen LogP contribution >= 0.6 is 0 Å². The first-order chi connectivity index (χ1) is 9.22. The molecule has 0 fully saturated rings. The van der Waals surface area contributed by atoms with E-state index in [4.69, 9.17) is 4.74 Å². The van der Waals surface area contributed by atoms with E-state index in [1.807, 2.05) is 0 Å². The smallest absolute Gasteiger partial charge is 0.320 e. The summed E-state index contributed by atoms with van der Waals surface area (Å²) in [6.07, 6.45) is 2.94. The summed E-state index contributed by atoms with van der Waals surface area (Å²) in [7, 11) is 0. The van der Waals surface area contributed by atoms with Gasteiger partial charge in [-0.15, -0.1) is 0 Å². The van der Waals surface area contributed by atoms with Crippen molar-refractivity contribution in [3.05, 3.63) is 22.5 Å². The normalized spacial score (nSPS) is 10.2. The Labute approximate surface area is 111 Å². The summed E-state index contributed by atoms with van der Waals surface area (Å²) in [4.78, 5) is 22.2. The van der Waals surface area contributed by atoms with Gasteiger partial charge in [0.2, 0.25) is 0 Å². The maximum absolute atomic E-state index is 11.4. The van der Waals surface area contributed by atoms with Gasteiger partial charge in [0, 0.05) is 25.8 Å². The zero-order valence-corrected chi connectivity index (χ0v) is 11.1. The van der Waals surface area contributed by atoms with Crippen LogP contribution in [0.15, 0.2) is 16.9 Å². The van der Waals surface area contributed by atoms with Crippen molar-refractivity contribution < 1.29 is 9.53 Å². The number of urea groups is 1. The van der Waals surface area contributed by atoms with Crippen LogP contribution in [0.25, 0.3) is 0 Å². The highest BCUT2D eigenvalue weighted by atomic mass is 16.5. The maximum Gasteiger partial charge on any atom is 0.320 e. The Kier molecular flexibility index (Phi) is 7.26. The summed E-state index contributed by atoms with van der Waals surface area (Å²) >= 11 is 0. The molecule has 0 aliphatic heterocycles. The standard InChI is InChI=1S/C12H20N4O3/c1-2-3-8-19-9-4-7-13-12(18)14-10-5-6-11(17)16-15-10/h5-6H,2-4,7-9H2,1H3,(H,16,17)(H2,13,14,15,18). The Bertz CT molecular complexity index is 413. The first-order valence-electron chi connectivity index (χ1n) is 6.40. The number of hydrogen-bond acceptors (Lipinski definition) is 4. The number of nitrogens with zero attached hydrogens (tertiary/aromatic N) is 1. The second-order valence-electron chi connectivity index (χ2n) is 4.01. The van der Waals surface area contributed by atoms with Crippen molar-refractivity contribution >= 4 is 11.8 Å². The number of anilines is 1. The molecule has 0 aliphatic rings. The summed E-state index contributed by atoms with van der Waals surface area (Å²) in [6, 6.07) is 2.38. The number of aromatic nitrogens is 2. The minimum absolute atomic E-state index is 0.302. The van der Waals surface area contributed by atoms with Crippen LogP contribution in [0, 0.1) is 0 Å². The van der Waals surface area contributed by atoms with Crippen molar-refractivity contribution in [3.8, 4) is 0 Å². The van der Waals surface area contributed by atoms with E-state index in [0.717, 1.165) is 25.9 Å². The summed E-state index contributed by atoms with van der Waals surface area (Å²) in [5.74, 6) is 0.302. The van der Waals surface area contributed by atoms with Crippen molar-refractivity contribution in [1.29, 1.82) is 0 Å². The van der Waals surface area contributed by atoms with Crippen molar-refractivity contribution in [3.63, 3.8) is 0 Å². The molecule has 0 atom stereocenters. The first-order valence-corrected chi connectivity index (χ1v) is 6.40. The Balaban J connectivity index is 2.08. The van der Waals surface area contributed by atoms with Crippen molar-refractivity contribution in [2.75, 3.05) is 25.1 Å². The minimum Gasteiger partial charge on any atom is -0.381 e. The van der Waals surface area contributed by atoms with Crippen LogP contribution in [0.4, 0.5) is 10.6 Å². The van der Waals surface area contributed by atoms with Gasteiger partial charge in [0.1, 0.15) is 0 Å². The van der Waals surface area contributed by atoms with E-state index in [1.165, 1.54) is 12.1 Å². The molecule has 0 aliphatic carbocycles. The van der Waals surface area contributed by atoms with Crippen LogP contribution in [0.2, 0.25) is 0 Å². The second-order valence-corrected chi connectivity index (χ2v) is 4.01. The molecule has 1 aromatic rings. The van der Waals surface area contributed by atoms with Gasteiger partial charge in [-0.3, -0.25) is 10.1 Å². The fourth-order valence-corrected chi connectivity index (χ4v) is 1.30. The third kappa shape index (κ3) is 7.20. The lowest BCUT2D eigenvalue weighted by Gasteiger charge is -2.06. The number of ether oxygens (including phenoxy) is 1. The average molecular weight is 268 g/mol. The van der Waals surface area contributed by atoms with Crippen LogP contribution in [0.5, 0.6) is 0 Å². The number of nitrogens with one attached hydrogen (secondary N) is 3. The Morgan fingerprint density at radius 2 is 2.16 bits per heavy atom. The highest BCUT2D eigenvalue weighted by molar-refractivity contribution is 5.87. The molecular weight excluding hydrogens is 248 g/mol. The second kappa shape index (κ2) is 9.09. The Morgan fingerprint density at radius 1 is 1.37 bits per heavy atom. The van der Waals surface area contributed by atoms with E-state index >= 15 is 0 Å². The topological polar surface area (TPSA) is 96.1 Å². The summed E-state index contributed by atoms with van der Waals surface area (Å²) < 4.78 is 5.36. The van der Waals surface area contributed by atoms with Crippen LogP contribution in [-0.2, 0) is 4.74 Å². The van der Waals surface area contributed by atoms with Gasteiger partial charge >= 0.3 is 6.03 Å². The molecule has 1 heterocycles. The van der Waals surface area contributed by atoms with Crippen molar-refractivity contribution in [2.45, 2.75) is 26.2 Å². The molecule has 1 aromatic heterocycles. The molecule has 19 heavy (non-hydrogen) atoms. The SMILES string of the molecule is CCCCOCCCNC(=O)Nc1ccc(=O)[nH]n1. The molecule has 0 unspecified atom stereocenters. The van der Waals surface area contributed by atoms with Gasteiger partial charge in [-0.25, -0.2) is 9.89 Å². The van der Waals surface area contributed by atoms with Gasteiger partial charge in [-0.2, -0.15) is 5.10 Å².